The largest absolute Gasteiger partial charge is 0.457 e. The van der Waals surface area contributed by atoms with Crippen LogP contribution >= 0.6 is 11.6 Å². The Balaban J connectivity index is 1.73. The summed E-state index contributed by atoms with van der Waals surface area (Å²) in [4.78, 5) is 28.3. The van der Waals surface area contributed by atoms with Crippen LogP contribution in [0.5, 0.6) is 11.5 Å². The number of benzene rings is 2. The minimum Gasteiger partial charge on any atom is -0.457 e. The summed E-state index contributed by atoms with van der Waals surface area (Å²) in [5.41, 5.74) is 0.270. The Morgan fingerprint density at radius 1 is 1.06 bits per heavy atom. The van der Waals surface area contributed by atoms with Crippen molar-refractivity contribution in [1.29, 1.82) is 0 Å². The highest BCUT2D eigenvalue weighted by Crippen LogP contribution is 2.36. The maximum atomic E-state index is 13.1. The van der Waals surface area contributed by atoms with Crippen LogP contribution in [0.2, 0.25) is 5.02 Å². The molecule has 34 heavy (non-hydrogen) atoms. The lowest BCUT2D eigenvalue weighted by Crippen LogP contribution is -2.20. The highest BCUT2D eigenvalue weighted by atomic mass is 35.5. The van der Waals surface area contributed by atoms with Crippen molar-refractivity contribution in [3.8, 4) is 11.5 Å². The molecule has 0 aliphatic rings. The molecule has 0 aliphatic heterocycles. The summed E-state index contributed by atoms with van der Waals surface area (Å²) in [6.45, 7) is 0.738. The molecule has 7 nitrogen and oxygen atoms in total. The van der Waals surface area contributed by atoms with Crippen molar-refractivity contribution in [2.24, 2.45) is 0 Å². The molecule has 0 fully saturated rings. The molecular formula is C23H20ClF3N4O3. The second-order valence-electron chi connectivity index (χ2n) is 7.07. The van der Waals surface area contributed by atoms with Gasteiger partial charge in [-0.25, -0.2) is 4.79 Å². The fourth-order valence-corrected chi connectivity index (χ4v) is 3.16. The van der Waals surface area contributed by atoms with Gasteiger partial charge < -0.3 is 20.7 Å². The van der Waals surface area contributed by atoms with Crippen LogP contribution in [0.3, 0.4) is 0 Å². The number of hydrogen-bond acceptors (Lipinski definition) is 4. The maximum Gasteiger partial charge on any atom is 0.417 e. The molecule has 0 aliphatic carbocycles. The van der Waals surface area contributed by atoms with Crippen LogP contribution < -0.4 is 20.7 Å². The fraction of sp³-hybridized carbons (Fsp3) is 0.174. The lowest BCUT2D eigenvalue weighted by molar-refractivity contribution is -0.137. The number of nitrogens with zero attached hydrogens (tertiary/aromatic N) is 1. The van der Waals surface area contributed by atoms with Crippen LogP contribution in [0, 0.1) is 13.8 Å². The van der Waals surface area contributed by atoms with Crippen molar-refractivity contribution in [2.45, 2.75) is 20.0 Å². The van der Waals surface area contributed by atoms with Gasteiger partial charge in [0.1, 0.15) is 17.2 Å². The van der Waals surface area contributed by atoms with Crippen LogP contribution in [-0.2, 0) is 6.18 Å². The Kier molecular flexibility index (Phi) is 6.12. The Labute approximate surface area is 202 Å². The van der Waals surface area contributed by atoms with Crippen molar-refractivity contribution in [1.82, 2.24) is 10.3 Å². The Morgan fingerprint density at radius 3 is 2.53 bits per heavy atom. The quantitative estimate of drug-likeness (QED) is 0.395. The van der Waals surface area contributed by atoms with E-state index in [0.29, 0.717) is 22.6 Å². The van der Waals surface area contributed by atoms with E-state index < -0.39 is 35.7 Å². The van der Waals surface area contributed by atoms with Gasteiger partial charge >= 0.3 is 12.2 Å². The molecule has 0 spiro atoms. The zero-order chi connectivity index (χ0) is 27.5. The number of carbonyl (C=O) groups excluding carboxylic acids is 2. The first-order valence-corrected chi connectivity index (χ1v) is 10.0. The Morgan fingerprint density at radius 2 is 1.82 bits per heavy atom. The molecule has 0 radical (unpaired) electrons. The van der Waals surface area contributed by atoms with Gasteiger partial charge in [0.25, 0.3) is 5.91 Å². The summed E-state index contributed by atoms with van der Waals surface area (Å²) in [7, 11) is 0. The average Bonchev–Trinajstić information content (AvgIpc) is 2.78. The molecule has 0 saturated carbocycles. The van der Waals surface area contributed by atoms with Crippen molar-refractivity contribution in [3.05, 3.63) is 76.1 Å². The van der Waals surface area contributed by atoms with Gasteiger partial charge in [0.15, 0.2) is 0 Å². The topological polar surface area (TPSA) is 92.4 Å². The minimum atomic E-state index is -4.68. The van der Waals surface area contributed by atoms with Gasteiger partial charge in [-0.2, -0.15) is 13.2 Å². The molecule has 3 aromatic rings. The standard InChI is InChI=1S/C23H20ClF3N4O3/c1-12-13(2)20(34-15-8-9-29-19(11-15)21(32)28-3)7-6-18(12)31-22(33)30-14-4-5-17(24)16(10-14)23(25,26)27/h4-11H,1-3H3,(H,28,32)(H2,30,31,33)/i3D3. The van der Waals surface area contributed by atoms with E-state index in [0.717, 1.165) is 12.1 Å². The summed E-state index contributed by atoms with van der Waals surface area (Å²) in [6.07, 6.45) is -3.39. The van der Waals surface area contributed by atoms with Gasteiger partial charge in [0.2, 0.25) is 0 Å². The number of amides is 3. The number of urea groups is 1. The lowest BCUT2D eigenvalue weighted by atomic mass is 10.1. The molecule has 0 unspecified atom stereocenters. The third-order valence-electron chi connectivity index (χ3n) is 4.82. The molecule has 0 bridgehead atoms. The first kappa shape index (κ1) is 20.8. The predicted octanol–water partition coefficient (Wildman–Crippen LogP) is 6.17. The van der Waals surface area contributed by atoms with Crippen molar-refractivity contribution in [3.63, 3.8) is 0 Å². The number of rotatable bonds is 5. The van der Waals surface area contributed by atoms with Crippen LogP contribution in [0.15, 0.2) is 48.7 Å². The number of alkyl halides is 3. The van der Waals surface area contributed by atoms with Gasteiger partial charge in [-0.15, -0.1) is 0 Å². The molecule has 3 amide bonds. The van der Waals surface area contributed by atoms with Gasteiger partial charge in [-0.05, 0) is 61.4 Å². The molecule has 0 atom stereocenters. The fourth-order valence-electron chi connectivity index (χ4n) is 2.94. The van der Waals surface area contributed by atoms with E-state index >= 15 is 0 Å². The zero-order valence-electron chi connectivity index (χ0n) is 20.8. The second-order valence-corrected chi connectivity index (χ2v) is 7.47. The summed E-state index contributed by atoms with van der Waals surface area (Å²) in [5.74, 6) is -0.300. The summed E-state index contributed by atoms with van der Waals surface area (Å²) < 4.78 is 66.4. The molecule has 178 valence electrons. The maximum absolute atomic E-state index is 13.1. The number of pyridine rings is 1. The Bertz CT molecular complexity index is 1350. The van der Waals surface area contributed by atoms with Crippen molar-refractivity contribution >= 4 is 34.9 Å². The van der Waals surface area contributed by atoms with E-state index in [1.807, 2.05) is 5.32 Å². The van der Waals surface area contributed by atoms with E-state index in [9.17, 15) is 22.8 Å². The van der Waals surface area contributed by atoms with E-state index in [-0.39, 0.29) is 17.1 Å². The first-order chi connectivity index (χ1) is 17.1. The highest BCUT2D eigenvalue weighted by molar-refractivity contribution is 6.31. The van der Waals surface area contributed by atoms with Gasteiger partial charge in [-0.1, -0.05) is 11.6 Å². The van der Waals surface area contributed by atoms with Crippen molar-refractivity contribution < 1.29 is 31.6 Å². The number of hydrogen-bond donors (Lipinski definition) is 3. The second kappa shape index (κ2) is 10.0. The van der Waals surface area contributed by atoms with E-state index in [1.54, 1.807) is 19.9 Å². The molecular weight excluding hydrogens is 473 g/mol. The third-order valence-corrected chi connectivity index (χ3v) is 5.15. The lowest BCUT2D eigenvalue weighted by Gasteiger charge is -2.16. The van der Waals surface area contributed by atoms with Crippen LogP contribution in [0.25, 0.3) is 0 Å². The average molecular weight is 496 g/mol. The normalized spacial score (nSPS) is 12.7. The monoisotopic (exact) mass is 495 g/mol. The van der Waals surface area contributed by atoms with Crippen LogP contribution in [0.1, 0.15) is 31.3 Å². The molecule has 2 aromatic carbocycles. The molecule has 11 heteroatoms. The third kappa shape index (κ3) is 5.76. The summed E-state index contributed by atoms with van der Waals surface area (Å²) in [6, 6.07) is 8.07. The predicted molar refractivity (Wildman–Crippen MR) is 123 cm³/mol. The van der Waals surface area contributed by atoms with Gasteiger partial charge in [-0.3, -0.25) is 9.78 Å². The van der Waals surface area contributed by atoms with Crippen LogP contribution in [0.4, 0.5) is 29.3 Å². The van der Waals surface area contributed by atoms with E-state index in [4.69, 9.17) is 20.5 Å². The number of aromatic nitrogens is 1. The zero-order valence-corrected chi connectivity index (χ0v) is 18.6. The minimum absolute atomic E-state index is 0.0976. The summed E-state index contributed by atoms with van der Waals surface area (Å²) >= 11 is 5.60. The number of ether oxygens (including phenoxy) is 1. The number of halogens is 4. The first-order valence-electron chi connectivity index (χ1n) is 11.2. The van der Waals surface area contributed by atoms with Gasteiger partial charge in [0, 0.05) is 34.7 Å². The van der Waals surface area contributed by atoms with Crippen LogP contribution in [-0.4, -0.2) is 23.9 Å². The summed E-state index contributed by atoms with van der Waals surface area (Å²) in [5, 5.41) is 6.26. The molecule has 1 heterocycles. The number of carbonyl (C=O) groups is 2. The van der Waals surface area contributed by atoms with Crippen molar-refractivity contribution in [2.75, 3.05) is 17.6 Å². The van der Waals surface area contributed by atoms with E-state index in [2.05, 4.69) is 15.6 Å². The SMILES string of the molecule is [2H]C([2H])([2H])NC(=O)c1cc(Oc2ccc(NC(=O)Nc3ccc(Cl)c(C(F)(F)F)c3)c(C)c2C)ccn1. The molecule has 1 aromatic heterocycles. The van der Waals surface area contributed by atoms with Gasteiger partial charge in [0.05, 0.1) is 10.6 Å². The Hall–Kier alpha value is -3.79. The van der Waals surface area contributed by atoms with E-state index in [1.165, 1.54) is 30.5 Å². The number of nitrogens with one attached hydrogen (secondary N) is 3. The molecule has 3 rings (SSSR count). The molecule has 0 saturated heterocycles. The number of anilines is 2. The smallest absolute Gasteiger partial charge is 0.417 e. The highest BCUT2D eigenvalue weighted by Gasteiger charge is 2.33. The molecule has 3 N–H and O–H groups in total.